The van der Waals surface area contributed by atoms with Crippen LogP contribution in [0.1, 0.15) is 59.8 Å². The van der Waals surface area contributed by atoms with Crippen LogP contribution in [0.25, 0.3) is 0 Å². The first-order valence-electron chi connectivity index (χ1n) is 6.30. The van der Waals surface area contributed by atoms with Gasteiger partial charge in [0.2, 0.25) is 0 Å². The third-order valence-electron chi connectivity index (χ3n) is 2.62. The highest BCUT2D eigenvalue weighted by atomic mass is 14.0. The Kier molecular flexibility index (Phi) is 8.99. The second-order valence-electron chi connectivity index (χ2n) is 4.75. The number of rotatable bonds is 7. The minimum absolute atomic E-state index is 0.912. The first-order chi connectivity index (χ1) is 7.56. The second kappa shape index (κ2) is 9.45. The maximum absolute atomic E-state index is 3.83. The molecule has 0 unspecified atom stereocenters. The molecular formula is C16H27-. The largest absolute Gasteiger partial charge is 0.340 e. The van der Waals surface area contributed by atoms with Crippen LogP contribution in [0.2, 0.25) is 0 Å². The molecule has 0 heteroatoms. The lowest BCUT2D eigenvalue weighted by molar-refractivity contribution is 0.915. The molecule has 0 aliphatic rings. The van der Waals surface area contributed by atoms with E-state index >= 15 is 0 Å². The molecule has 0 saturated carbocycles. The monoisotopic (exact) mass is 219 g/mol. The van der Waals surface area contributed by atoms with Gasteiger partial charge in [0.05, 0.1) is 0 Å². The van der Waals surface area contributed by atoms with Crippen LogP contribution in [0.5, 0.6) is 0 Å². The molecule has 0 rings (SSSR count). The van der Waals surface area contributed by atoms with Crippen molar-refractivity contribution in [1.82, 2.24) is 0 Å². The molecule has 0 amide bonds. The number of allylic oxidation sites excluding steroid dienone is 6. The van der Waals surface area contributed by atoms with Crippen LogP contribution in [-0.2, 0) is 0 Å². The van der Waals surface area contributed by atoms with Crippen molar-refractivity contribution in [2.45, 2.75) is 59.8 Å². The summed E-state index contributed by atoms with van der Waals surface area (Å²) in [5.41, 5.74) is 4.39. The van der Waals surface area contributed by atoms with Gasteiger partial charge in [-0.25, -0.2) is 0 Å². The smallest absolute Gasteiger partial charge is 0.0288 e. The lowest BCUT2D eigenvalue weighted by atomic mass is 10.1. The molecule has 0 fully saturated rings. The van der Waals surface area contributed by atoms with Crippen LogP contribution in [0.4, 0.5) is 0 Å². The number of hydrogen-bond donors (Lipinski definition) is 0. The zero-order valence-corrected chi connectivity index (χ0v) is 11.5. The Labute approximate surface area is 102 Å². The zero-order chi connectivity index (χ0) is 12.4. The summed E-state index contributed by atoms with van der Waals surface area (Å²) in [5, 5.41) is 0. The fourth-order valence-electron chi connectivity index (χ4n) is 1.59. The first kappa shape index (κ1) is 15.2. The highest BCUT2D eigenvalue weighted by Gasteiger charge is 1.90. The highest BCUT2D eigenvalue weighted by molar-refractivity contribution is 5.05. The normalized spacial score (nSPS) is 12.8. The van der Waals surface area contributed by atoms with E-state index in [-0.39, 0.29) is 0 Å². The predicted molar refractivity (Wildman–Crippen MR) is 75.4 cm³/mol. The standard InChI is InChI=1S/C16H27/c1-6-9-15(4)12-8-13-16(5)11-7-10-14(2)3/h9-10,13H,1,6-8,11-12H2,2-5H3/q-1/b15-9-,16-13-. The molecule has 0 N–H and O–H groups in total. The Hall–Kier alpha value is -0.780. The van der Waals surface area contributed by atoms with Gasteiger partial charge in [0, 0.05) is 0 Å². The van der Waals surface area contributed by atoms with E-state index in [9.17, 15) is 0 Å². The summed E-state index contributed by atoms with van der Waals surface area (Å²) in [6.45, 7) is 12.6. The first-order valence-corrected chi connectivity index (χ1v) is 6.30. The third-order valence-corrected chi connectivity index (χ3v) is 2.62. The van der Waals surface area contributed by atoms with Gasteiger partial charge < -0.3 is 6.92 Å². The van der Waals surface area contributed by atoms with Crippen LogP contribution >= 0.6 is 0 Å². The Morgan fingerprint density at radius 3 is 1.81 bits per heavy atom. The van der Waals surface area contributed by atoms with Gasteiger partial charge in [0.1, 0.15) is 0 Å². The molecule has 0 spiro atoms. The summed E-state index contributed by atoms with van der Waals surface area (Å²) in [5.74, 6) is 0. The summed E-state index contributed by atoms with van der Waals surface area (Å²) in [6.07, 6.45) is 12.5. The summed E-state index contributed by atoms with van der Waals surface area (Å²) in [6, 6.07) is 0. The van der Waals surface area contributed by atoms with Crippen LogP contribution in [0, 0.1) is 6.92 Å². The molecule has 92 valence electrons. The molecule has 0 aromatic rings. The third kappa shape index (κ3) is 9.76. The van der Waals surface area contributed by atoms with Crippen LogP contribution in [-0.4, -0.2) is 0 Å². The van der Waals surface area contributed by atoms with Crippen molar-refractivity contribution < 1.29 is 0 Å². The van der Waals surface area contributed by atoms with E-state index < -0.39 is 0 Å². The average Bonchev–Trinajstić information content (AvgIpc) is 2.17. The number of hydrogen-bond acceptors (Lipinski definition) is 0. The maximum Gasteiger partial charge on any atom is -0.0288 e. The van der Waals surface area contributed by atoms with Crippen molar-refractivity contribution in [3.8, 4) is 0 Å². The van der Waals surface area contributed by atoms with E-state index in [2.05, 4.69) is 52.8 Å². The summed E-state index contributed by atoms with van der Waals surface area (Å²) in [4.78, 5) is 0. The van der Waals surface area contributed by atoms with Crippen molar-refractivity contribution in [2.24, 2.45) is 0 Å². The second-order valence-corrected chi connectivity index (χ2v) is 4.75. The summed E-state index contributed by atoms with van der Waals surface area (Å²) < 4.78 is 0. The summed E-state index contributed by atoms with van der Waals surface area (Å²) in [7, 11) is 0. The van der Waals surface area contributed by atoms with Gasteiger partial charge in [-0.05, 0) is 53.4 Å². The van der Waals surface area contributed by atoms with Gasteiger partial charge in [0.15, 0.2) is 0 Å². The molecule has 16 heavy (non-hydrogen) atoms. The molecule has 0 saturated heterocycles. The van der Waals surface area contributed by atoms with Crippen molar-refractivity contribution in [2.75, 3.05) is 0 Å². The molecule has 0 atom stereocenters. The lowest BCUT2D eigenvalue weighted by Crippen LogP contribution is -1.80. The molecule has 0 nitrogen and oxygen atoms in total. The molecule has 0 heterocycles. The molecule has 0 radical (unpaired) electrons. The Bertz CT molecular complexity index is 260. The van der Waals surface area contributed by atoms with E-state index in [4.69, 9.17) is 0 Å². The van der Waals surface area contributed by atoms with E-state index in [1.54, 1.807) is 0 Å². The average molecular weight is 219 g/mol. The van der Waals surface area contributed by atoms with Gasteiger partial charge in [-0.15, -0.1) is 6.08 Å². The fraction of sp³-hybridized carbons (Fsp3) is 0.562. The van der Waals surface area contributed by atoms with Crippen molar-refractivity contribution in [1.29, 1.82) is 0 Å². The quantitative estimate of drug-likeness (QED) is 0.384. The molecule has 0 aliphatic carbocycles. The van der Waals surface area contributed by atoms with Gasteiger partial charge in [-0.3, -0.25) is 0 Å². The Balaban J connectivity index is 3.79. The lowest BCUT2D eigenvalue weighted by Gasteiger charge is -2.01. The van der Waals surface area contributed by atoms with Crippen LogP contribution in [0.15, 0.2) is 34.9 Å². The van der Waals surface area contributed by atoms with Gasteiger partial charge in [-0.1, -0.05) is 28.9 Å². The van der Waals surface area contributed by atoms with E-state index in [0.717, 1.165) is 6.42 Å². The van der Waals surface area contributed by atoms with E-state index in [1.165, 1.54) is 42.4 Å². The van der Waals surface area contributed by atoms with Crippen molar-refractivity contribution >= 4 is 0 Å². The fourth-order valence-corrected chi connectivity index (χ4v) is 1.59. The van der Waals surface area contributed by atoms with Gasteiger partial charge in [-0.2, -0.15) is 6.42 Å². The minimum Gasteiger partial charge on any atom is -0.340 e. The van der Waals surface area contributed by atoms with Gasteiger partial charge >= 0.3 is 0 Å². The van der Waals surface area contributed by atoms with E-state index in [0.29, 0.717) is 0 Å². The minimum atomic E-state index is 0.912. The molecule has 0 aromatic heterocycles. The van der Waals surface area contributed by atoms with Crippen LogP contribution < -0.4 is 0 Å². The molecule has 0 aliphatic heterocycles. The zero-order valence-electron chi connectivity index (χ0n) is 11.5. The van der Waals surface area contributed by atoms with Crippen LogP contribution in [0.3, 0.4) is 0 Å². The molecule has 0 bridgehead atoms. The van der Waals surface area contributed by atoms with Crippen molar-refractivity contribution in [3.63, 3.8) is 0 Å². The molecule has 0 aromatic carbocycles. The van der Waals surface area contributed by atoms with Crippen molar-refractivity contribution in [3.05, 3.63) is 41.9 Å². The topological polar surface area (TPSA) is 0 Å². The Morgan fingerprint density at radius 2 is 1.31 bits per heavy atom. The Morgan fingerprint density at radius 1 is 0.812 bits per heavy atom. The predicted octanol–water partition coefficient (Wildman–Crippen LogP) is 5.63. The SMILES string of the molecule is [CH2-]C/C=C(/C)CC/C=C(/C)CCC=C(C)C. The van der Waals surface area contributed by atoms with Gasteiger partial charge in [0.25, 0.3) is 0 Å². The van der Waals surface area contributed by atoms with E-state index in [1.807, 2.05) is 0 Å². The molecular weight excluding hydrogens is 192 g/mol. The summed E-state index contributed by atoms with van der Waals surface area (Å²) >= 11 is 0. The maximum atomic E-state index is 3.83. The highest BCUT2D eigenvalue weighted by Crippen LogP contribution is 2.11.